The van der Waals surface area contributed by atoms with Crippen LogP contribution in [0.25, 0.3) is 22.4 Å². The van der Waals surface area contributed by atoms with Crippen LogP contribution < -0.4 is 10.2 Å². The molecule has 8 nitrogen and oxygen atoms in total. The van der Waals surface area contributed by atoms with Gasteiger partial charge in [-0.1, -0.05) is 18.2 Å². The summed E-state index contributed by atoms with van der Waals surface area (Å²) in [6.07, 6.45) is 0. The summed E-state index contributed by atoms with van der Waals surface area (Å²) >= 11 is 0. The van der Waals surface area contributed by atoms with E-state index >= 15 is 0 Å². The predicted molar refractivity (Wildman–Crippen MR) is 120 cm³/mol. The van der Waals surface area contributed by atoms with Gasteiger partial charge in [0, 0.05) is 62.0 Å². The van der Waals surface area contributed by atoms with Crippen molar-refractivity contribution in [3.63, 3.8) is 0 Å². The van der Waals surface area contributed by atoms with Crippen molar-refractivity contribution >= 4 is 28.4 Å². The van der Waals surface area contributed by atoms with Crippen LogP contribution in [0.5, 0.6) is 0 Å². The molecule has 0 saturated carbocycles. The van der Waals surface area contributed by atoms with Gasteiger partial charge in [0.2, 0.25) is 0 Å². The van der Waals surface area contributed by atoms with E-state index in [-0.39, 0.29) is 0 Å². The molecule has 0 atom stereocenters. The molecule has 1 aliphatic heterocycles. The first-order chi connectivity index (χ1) is 14.6. The number of likely N-dealkylation sites (N-methyl/N-ethyl adjacent to an activating group) is 1. The van der Waals surface area contributed by atoms with E-state index in [1.54, 1.807) is 0 Å². The van der Waals surface area contributed by atoms with Gasteiger partial charge >= 0.3 is 0 Å². The summed E-state index contributed by atoms with van der Waals surface area (Å²) in [6, 6.07) is 14.5. The monoisotopic (exact) mass is 402 g/mol. The fourth-order valence-corrected chi connectivity index (χ4v) is 3.93. The van der Waals surface area contributed by atoms with E-state index in [9.17, 15) is 0 Å². The quantitative estimate of drug-likeness (QED) is 0.546. The number of nitrogens with one attached hydrogen (secondary N) is 2. The van der Waals surface area contributed by atoms with E-state index in [1.165, 1.54) is 10.9 Å². The van der Waals surface area contributed by atoms with Gasteiger partial charge < -0.3 is 19.7 Å². The Morgan fingerprint density at radius 3 is 2.47 bits per heavy atom. The molecule has 30 heavy (non-hydrogen) atoms. The van der Waals surface area contributed by atoms with Gasteiger partial charge in [0.25, 0.3) is 0 Å². The number of aromatic amines is 1. The molecule has 4 heterocycles. The van der Waals surface area contributed by atoms with Crippen molar-refractivity contribution < 1.29 is 0 Å². The summed E-state index contributed by atoms with van der Waals surface area (Å²) in [4.78, 5) is 14.5. The number of nitrogens with zero attached hydrogens (tertiary/aromatic N) is 6. The molecule has 1 fully saturated rings. The number of H-pyrrole nitrogens is 1. The van der Waals surface area contributed by atoms with E-state index in [1.807, 2.05) is 19.1 Å². The van der Waals surface area contributed by atoms with Crippen molar-refractivity contribution in [1.29, 1.82) is 0 Å². The minimum atomic E-state index is 0.708. The maximum atomic E-state index is 4.96. The van der Waals surface area contributed by atoms with Gasteiger partial charge in [0.05, 0.1) is 5.69 Å². The van der Waals surface area contributed by atoms with E-state index < -0.39 is 0 Å². The molecule has 1 aliphatic rings. The molecular formula is C22H26N8. The average molecular weight is 403 g/mol. The summed E-state index contributed by atoms with van der Waals surface area (Å²) in [5.41, 5.74) is 3.16. The van der Waals surface area contributed by atoms with Crippen LogP contribution in [0, 0.1) is 6.92 Å². The van der Waals surface area contributed by atoms with Crippen LogP contribution in [0.2, 0.25) is 0 Å². The van der Waals surface area contributed by atoms with Crippen molar-refractivity contribution in [3.8, 4) is 11.5 Å². The van der Waals surface area contributed by atoms with Gasteiger partial charge in [-0.15, -0.1) is 0 Å². The molecule has 1 aromatic carbocycles. The van der Waals surface area contributed by atoms with E-state index in [4.69, 9.17) is 9.97 Å². The summed E-state index contributed by atoms with van der Waals surface area (Å²) in [6.45, 7) is 5.92. The first-order valence-corrected chi connectivity index (χ1v) is 10.2. The molecule has 8 heteroatoms. The summed E-state index contributed by atoms with van der Waals surface area (Å²) in [5, 5.41) is 11.8. The summed E-state index contributed by atoms with van der Waals surface area (Å²) in [7, 11) is 4.22. The van der Waals surface area contributed by atoms with Gasteiger partial charge in [-0.3, -0.25) is 5.10 Å². The number of benzene rings is 1. The van der Waals surface area contributed by atoms with E-state index in [0.717, 1.165) is 55.0 Å². The number of anilines is 3. The average Bonchev–Trinajstić information content (AvgIpc) is 3.31. The molecule has 154 valence electrons. The van der Waals surface area contributed by atoms with Crippen LogP contribution in [0.15, 0.2) is 42.5 Å². The molecule has 5 rings (SSSR count). The first-order valence-electron chi connectivity index (χ1n) is 10.2. The lowest BCUT2D eigenvalue weighted by atomic mass is 10.2. The number of aryl methyl sites for hydroxylation is 2. The number of para-hydroxylation sites is 1. The zero-order chi connectivity index (χ0) is 20.7. The number of piperazine rings is 1. The van der Waals surface area contributed by atoms with Crippen molar-refractivity contribution in [3.05, 3.63) is 48.2 Å². The lowest BCUT2D eigenvalue weighted by molar-refractivity contribution is 0.312. The third kappa shape index (κ3) is 3.50. The maximum absolute atomic E-state index is 4.96. The van der Waals surface area contributed by atoms with Crippen LogP contribution in [0.1, 0.15) is 5.69 Å². The Morgan fingerprint density at radius 1 is 0.933 bits per heavy atom. The Morgan fingerprint density at radius 2 is 1.73 bits per heavy atom. The van der Waals surface area contributed by atoms with Gasteiger partial charge in [0.15, 0.2) is 11.6 Å². The molecule has 3 aromatic heterocycles. The molecule has 0 unspecified atom stereocenters. The fourth-order valence-electron chi connectivity index (χ4n) is 3.93. The third-order valence-electron chi connectivity index (χ3n) is 5.68. The molecule has 4 aromatic rings. The smallest absolute Gasteiger partial charge is 0.180 e. The Bertz CT molecular complexity index is 1180. The second-order valence-electron chi connectivity index (χ2n) is 7.93. The number of hydrogen-bond donors (Lipinski definition) is 2. The van der Waals surface area contributed by atoms with E-state index in [2.05, 4.69) is 74.3 Å². The Hall–Kier alpha value is -3.39. The largest absolute Gasteiger partial charge is 0.354 e. The molecule has 0 bridgehead atoms. The third-order valence-corrected chi connectivity index (χ3v) is 5.68. The van der Waals surface area contributed by atoms with Crippen molar-refractivity contribution in [2.24, 2.45) is 7.05 Å². The Kier molecular flexibility index (Phi) is 4.63. The zero-order valence-electron chi connectivity index (χ0n) is 17.6. The Labute approximate surface area is 175 Å². The minimum absolute atomic E-state index is 0.708. The lowest BCUT2D eigenvalue weighted by Gasteiger charge is -2.33. The second-order valence-corrected chi connectivity index (χ2v) is 7.93. The molecule has 0 aliphatic carbocycles. The second kappa shape index (κ2) is 7.46. The topological polar surface area (TPSA) is 77.9 Å². The van der Waals surface area contributed by atoms with Crippen LogP contribution in [0.4, 0.5) is 17.5 Å². The molecule has 0 spiro atoms. The number of rotatable bonds is 4. The predicted octanol–water partition coefficient (Wildman–Crippen LogP) is 3.16. The fraction of sp³-hybridized carbons (Fsp3) is 0.318. The Balaban J connectivity index is 1.58. The normalized spacial score (nSPS) is 15.1. The van der Waals surface area contributed by atoms with Gasteiger partial charge in [0.1, 0.15) is 11.6 Å². The molecule has 0 amide bonds. The lowest BCUT2D eigenvalue weighted by Crippen LogP contribution is -2.44. The SMILES string of the molecule is Cc1cc(Nc2cc(N3CCN(C)CC3)nc(-c3cc4ccccc4n3C)n2)n[nH]1. The molecular weight excluding hydrogens is 376 g/mol. The van der Waals surface area contributed by atoms with Gasteiger partial charge in [-0.25, -0.2) is 9.97 Å². The van der Waals surface area contributed by atoms with Crippen LogP contribution in [-0.2, 0) is 7.05 Å². The number of aromatic nitrogens is 5. The zero-order valence-corrected chi connectivity index (χ0v) is 17.6. The highest BCUT2D eigenvalue weighted by Gasteiger charge is 2.19. The first kappa shape index (κ1) is 18.6. The molecule has 2 N–H and O–H groups in total. The highest BCUT2D eigenvalue weighted by molar-refractivity contribution is 5.86. The summed E-state index contributed by atoms with van der Waals surface area (Å²) < 4.78 is 2.15. The highest BCUT2D eigenvalue weighted by Crippen LogP contribution is 2.29. The van der Waals surface area contributed by atoms with Crippen molar-refractivity contribution in [2.45, 2.75) is 6.92 Å². The molecule has 1 saturated heterocycles. The minimum Gasteiger partial charge on any atom is -0.354 e. The maximum Gasteiger partial charge on any atom is 0.180 e. The summed E-state index contributed by atoms with van der Waals surface area (Å²) in [5.74, 6) is 3.14. The highest BCUT2D eigenvalue weighted by atomic mass is 15.3. The van der Waals surface area contributed by atoms with Crippen LogP contribution in [-0.4, -0.2) is 62.9 Å². The van der Waals surface area contributed by atoms with Gasteiger partial charge in [-0.05, 0) is 26.1 Å². The van der Waals surface area contributed by atoms with Crippen LogP contribution >= 0.6 is 0 Å². The van der Waals surface area contributed by atoms with E-state index in [0.29, 0.717) is 5.82 Å². The standard InChI is InChI=1S/C22H26N8/c1-15-12-20(27-26-15)23-19-14-21(30-10-8-28(2)9-11-30)25-22(24-19)18-13-16-6-4-5-7-17(16)29(18)3/h4-7,12-14H,8-11H2,1-3H3,(H2,23,24,25,26,27). The number of hydrogen-bond acceptors (Lipinski definition) is 6. The molecule has 0 radical (unpaired) electrons. The van der Waals surface area contributed by atoms with Crippen LogP contribution in [0.3, 0.4) is 0 Å². The van der Waals surface area contributed by atoms with Crippen molar-refractivity contribution in [2.75, 3.05) is 43.4 Å². The van der Waals surface area contributed by atoms with Crippen molar-refractivity contribution in [1.82, 2.24) is 29.6 Å². The van der Waals surface area contributed by atoms with Gasteiger partial charge in [-0.2, -0.15) is 5.10 Å². The number of fused-ring (bicyclic) bond motifs is 1.